The Balaban J connectivity index is 1.80. The molecule has 2 aromatic rings. The van der Waals surface area contributed by atoms with Crippen LogP contribution in [0.2, 0.25) is 5.02 Å². The number of benzene rings is 2. The molecule has 2 rings (SSSR count). The first-order valence-corrected chi connectivity index (χ1v) is 8.49. The average molecular weight is 347 g/mol. The molecule has 0 aliphatic rings. The zero-order valence-electron chi connectivity index (χ0n) is 14.0. The van der Waals surface area contributed by atoms with Crippen molar-refractivity contribution in [3.8, 4) is 5.75 Å². The molecule has 4 nitrogen and oxygen atoms in total. The normalized spacial score (nSPS) is 11.6. The summed E-state index contributed by atoms with van der Waals surface area (Å²) in [5.74, 6) is 0.464. The molecule has 1 unspecified atom stereocenters. The van der Waals surface area contributed by atoms with Gasteiger partial charge >= 0.3 is 0 Å². The van der Waals surface area contributed by atoms with E-state index in [0.717, 1.165) is 24.2 Å². The van der Waals surface area contributed by atoms with Gasteiger partial charge < -0.3 is 15.4 Å². The van der Waals surface area contributed by atoms with Crippen LogP contribution in [-0.4, -0.2) is 18.6 Å². The van der Waals surface area contributed by atoms with E-state index in [-0.39, 0.29) is 5.91 Å². The SMILES string of the molecule is CCCNc1ccc(CNC(=O)C(C)Oc2ccc(Cl)cc2)cc1. The number of anilines is 1. The first-order chi connectivity index (χ1) is 11.6. The number of amides is 1. The van der Waals surface area contributed by atoms with Crippen molar-refractivity contribution in [2.75, 3.05) is 11.9 Å². The maximum absolute atomic E-state index is 12.1. The maximum atomic E-state index is 12.1. The molecule has 0 saturated heterocycles. The quantitative estimate of drug-likeness (QED) is 0.751. The van der Waals surface area contributed by atoms with E-state index < -0.39 is 6.10 Å². The van der Waals surface area contributed by atoms with Crippen molar-refractivity contribution in [1.29, 1.82) is 0 Å². The van der Waals surface area contributed by atoms with Crippen molar-refractivity contribution in [2.24, 2.45) is 0 Å². The number of ether oxygens (including phenoxy) is 1. The highest BCUT2D eigenvalue weighted by atomic mass is 35.5. The Kier molecular flexibility index (Phi) is 6.94. The van der Waals surface area contributed by atoms with Crippen LogP contribution in [0.5, 0.6) is 5.75 Å². The van der Waals surface area contributed by atoms with Gasteiger partial charge in [0, 0.05) is 23.8 Å². The van der Waals surface area contributed by atoms with Crippen LogP contribution in [0.25, 0.3) is 0 Å². The second-order valence-electron chi connectivity index (χ2n) is 5.56. The molecule has 24 heavy (non-hydrogen) atoms. The van der Waals surface area contributed by atoms with Crippen LogP contribution in [0.3, 0.4) is 0 Å². The average Bonchev–Trinajstić information content (AvgIpc) is 2.60. The fourth-order valence-electron chi connectivity index (χ4n) is 2.11. The lowest BCUT2D eigenvalue weighted by Gasteiger charge is -2.15. The number of rotatable bonds is 8. The Hall–Kier alpha value is -2.20. The second kappa shape index (κ2) is 9.18. The number of nitrogens with one attached hydrogen (secondary N) is 2. The molecule has 0 spiro atoms. The topological polar surface area (TPSA) is 50.4 Å². The molecule has 0 heterocycles. The number of carbonyl (C=O) groups is 1. The predicted octanol–water partition coefficient (Wildman–Crippen LogP) is 4.25. The number of hydrogen-bond donors (Lipinski definition) is 2. The predicted molar refractivity (Wildman–Crippen MR) is 98.6 cm³/mol. The van der Waals surface area contributed by atoms with Gasteiger partial charge in [-0.15, -0.1) is 0 Å². The molecule has 0 radical (unpaired) electrons. The highest BCUT2D eigenvalue weighted by molar-refractivity contribution is 6.30. The van der Waals surface area contributed by atoms with Crippen LogP contribution < -0.4 is 15.4 Å². The monoisotopic (exact) mass is 346 g/mol. The smallest absolute Gasteiger partial charge is 0.261 e. The van der Waals surface area contributed by atoms with Gasteiger partial charge in [-0.1, -0.05) is 30.7 Å². The van der Waals surface area contributed by atoms with Crippen LogP contribution in [0.15, 0.2) is 48.5 Å². The Labute approximate surface area is 148 Å². The first-order valence-electron chi connectivity index (χ1n) is 8.11. The molecule has 0 aliphatic heterocycles. The van der Waals surface area contributed by atoms with Crippen molar-refractivity contribution in [1.82, 2.24) is 5.32 Å². The highest BCUT2D eigenvalue weighted by Gasteiger charge is 2.14. The van der Waals surface area contributed by atoms with Crippen molar-refractivity contribution < 1.29 is 9.53 Å². The largest absolute Gasteiger partial charge is 0.481 e. The zero-order valence-corrected chi connectivity index (χ0v) is 14.8. The van der Waals surface area contributed by atoms with Crippen LogP contribution in [0, 0.1) is 0 Å². The van der Waals surface area contributed by atoms with E-state index in [1.807, 2.05) is 24.3 Å². The first kappa shape index (κ1) is 18.1. The molecular weight excluding hydrogens is 324 g/mol. The summed E-state index contributed by atoms with van der Waals surface area (Å²) >= 11 is 5.83. The molecule has 0 bridgehead atoms. The third-order valence-electron chi connectivity index (χ3n) is 3.50. The molecule has 0 fully saturated rings. The lowest BCUT2D eigenvalue weighted by Crippen LogP contribution is -2.35. The van der Waals surface area contributed by atoms with Gasteiger partial charge in [-0.05, 0) is 55.3 Å². The summed E-state index contributed by atoms with van der Waals surface area (Å²) < 4.78 is 5.60. The summed E-state index contributed by atoms with van der Waals surface area (Å²) in [6, 6.07) is 15.0. The summed E-state index contributed by atoms with van der Waals surface area (Å²) in [5.41, 5.74) is 2.13. The summed E-state index contributed by atoms with van der Waals surface area (Å²) in [7, 11) is 0. The fourth-order valence-corrected chi connectivity index (χ4v) is 2.24. The van der Waals surface area contributed by atoms with E-state index in [0.29, 0.717) is 17.3 Å². The van der Waals surface area contributed by atoms with Crippen LogP contribution in [0.1, 0.15) is 25.8 Å². The van der Waals surface area contributed by atoms with E-state index in [4.69, 9.17) is 16.3 Å². The molecular formula is C19H23ClN2O2. The van der Waals surface area contributed by atoms with Crippen LogP contribution >= 0.6 is 11.6 Å². The summed E-state index contributed by atoms with van der Waals surface area (Å²) in [4.78, 5) is 12.1. The summed E-state index contributed by atoms with van der Waals surface area (Å²) in [6.07, 6.45) is 0.514. The number of carbonyl (C=O) groups excluding carboxylic acids is 1. The Bertz CT molecular complexity index is 641. The van der Waals surface area contributed by atoms with Gasteiger partial charge in [-0.3, -0.25) is 4.79 Å². The molecule has 2 aromatic carbocycles. The Morgan fingerprint density at radius 1 is 1.12 bits per heavy atom. The number of hydrogen-bond acceptors (Lipinski definition) is 3. The van der Waals surface area contributed by atoms with E-state index in [1.165, 1.54) is 0 Å². The van der Waals surface area contributed by atoms with Crippen molar-refractivity contribution in [3.05, 3.63) is 59.1 Å². The zero-order chi connectivity index (χ0) is 17.4. The van der Waals surface area contributed by atoms with Crippen molar-refractivity contribution >= 4 is 23.2 Å². The van der Waals surface area contributed by atoms with Gasteiger partial charge in [0.25, 0.3) is 5.91 Å². The molecule has 0 aliphatic carbocycles. The summed E-state index contributed by atoms with van der Waals surface area (Å²) in [6.45, 7) is 5.28. The third-order valence-corrected chi connectivity index (χ3v) is 3.75. The fraction of sp³-hybridized carbons (Fsp3) is 0.316. The molecule has 5 heteroatoms. The van der Waals surface area contributed by atoms with Gasteiger partial charge in [-0.25, -0.2) is 0 Å². The van der Waals surface area contributed by atoms with Crippen molar-refractivity contribution in [3.63, 3.8) is 0 Å². The third kappa shape index (κ3) is 5.78. The van der Waals surface area contributed by atoms with Crippen LogP contribution in [0.4, 0.5) is 5.69 Å². The summed E-state index contributed by atoms with van der Waals surface area (Å²) in [5, 5.41) is 6.84. The maximum Gasteiger partial charge on any atom is 0.261 e. The molecule has 1 atom stereocenters. The second-order valence-corrected chi connectivity index (χ2v) is 5.99. The van der Waals surface area contributed by atoms with Crippen molar-refractivity contribution in [2.45, 2.75) is 32.9 Å². The lowest BCUT2D eigenvalue weighted by molar-refractivity contribution is -0.127. The van der Waals surface area contributed by atoms with Gasteiger partial charge in [0.15, 0.2) is 6.10 Å². The minimum atomic E-state index is -0.573. The Morgan fingerprint density at radius 2 is 1.79 bits per heavy atom. The lowest BCUT2D eigenvalue weighted by atomic mass is 10.2. The standard InChI is InChI=1S/C19H23ClN2O2/c1-3-12-21-17-8-4-15(5-9-17)13-22-19(23)14(2)24-18-10-6-16(20)7-11-18/h4-11,14,21H,3,12-13H2,1-2H3,(H,22,23). The van der Waals surface area contributed by atoms with E-state index in [9.17, 15) is 4.79 Å². The Morgan fingerprint density at radius 3 is 2.42 bits per heavy atom. The molecule has 1 amide bonds. The number of halogens is 1. The molecule has 0 saturated carbocycles. The van der Waals surface area contributed by atoms with E-state index in [2.05, 4.69) is 17.6 Å². The molecule has 2 N–H and O–H groups in total. The minimum Gasteiger partial charge on any atom is -0.481 e. The molecule has 0 aromatic heterocycles. The van der Waals surface area contributed by atoms with E-state index in [1.54, 1.807) is 31.2 Å². The van der Waals surface area contributed by atoms with Gasteiger partial charge in [-0.2, -0.15) is 0 Å². The van der Waals surface area contributed by atoms with Gasteiger partial charge in [0.1, 0.15) is 5.75 Å². The van der Waals surface area contributed by atoms with E-state index >= 15 is 0 Å². The molecule has 128 valence electrons. The van der Waals surface area contributed by atoms with Gasteiger partial charge in [0.05, 0.1) is 0 Å². The van der Waals surface area contributed by atoms with Gasteiger partial charge in [0.2, 0.25) is 0 Å². The van der Waals surface area contributed by atoms with Crippen LogP contribution in [-0.2, 0) is 11.3 Å². The minimum absolute atomic E-state index is 0.155. The highest BCUT2D eigenvalue weighted by Crippen LogP contribution is 2.17.